The van der Waals surface area contributed by atoms with Crippen LogP contribution in [-0.2, 0) is 57.1 Å². The predicted octanol–water partition coefficient (Wildman–Crippen LogP) is 1.35. The van der Waals surface area contributed by atoms with Crippen LogP contribution in [0.4, 0.5) is 0 Å². The summed E-state index contributed by atoms with van der Waals surface area (Å²) in [5, 5.41) is 28.1. The molecule has 0 aromatic heterocycles. The highest BCUT2D eigenvalue weighted by molar-refractivity contribution is 5.90. The van der Waals surface area contributed by atoms with Crippen molar-refractivity contribution >= 4 is 24.2 Å². The van der Waals surface area contributed by atoms with Crippen LogP contribution in [0.2, 0.25) is 0 Å². The molecule has 3 heterocycles. The average molecular weight is 705 g/mol. The van der Waals surface area contributed by atoms with Crippen molar-refractivity contribution < 1.29 is 72.4 Å². The fraction of sp³-hybridized carbons (Fsp3) is 0.543. The van der Waals surface area contributed by atoms with Gasteiger partial charge in [-0.3, -0.25) is 4.79 Å². The summed E-state index contributed by atoms with van der Waals surface area (Å²) >= 11 is 0. The van der Waals surface area contributed by atoms with Gasteiger partial charge in [-0.1, -0.05) is 18.2 Å². The minimum absolute atomic E-state index is 0.0247. The maximum absolute atomic E-state index is 11.6. The molecule has 0 saturated heterocycles. The minimum Gasteiger partial charge on any atom is -0.472 e. The van der Waals surface area contributed by atoms with Gasteiger partial charge in [-0.15, -0.1) is 0 Å². The summed E-state index contributed by atoms with van der Waals surface area (Å²) in [6.07, 6.45) is 10.4. The highest BCUT2D eigenvalue weighted by atomic mass is 16.7. The van der Waals surface area contributed by atoms with Crippen molar-refractivity contribution in [2.45, 2.75) is 38.1 Å². The Bertz CT molecular complexity index is 1470. The first-order valence-electron chi connectivity index (χ1n) is 15.9. The number of ether oxygens (including phenoxy) is 8. The van der Waals surface area contributed by atoms with Crippen molar-refractivity contribution in [3.05, 3.63) is 70.5 Å². The van der Waals surface area contributed by atoms with E-state index in [2.05, 4.69) is 4.74 Å². The standard InChI is InChI=1S/C12H16O5.C12H14O5.C11H14O5/c2*1-15-11(14)9-6-17-12(16-2)10-7(5-13)3-4-8(9)10;1-15-10(13)8-5-16-11(14)9-6(4-12)2-3-7(8)9/h3,6,8,10,12-13H,4-5H2,1-2H3;3,5-6,8,10,12H,4H2,1-2H3;2,5,7,9,11-12,14H,3-4H2,1H3. The molecule has 274 valence electrons. The second-order valence-corrected chi connectivity index (χ2v) is 12.0. The number of hydrogen-bond donors (Lipinski definition) is 3. The lowest BCUT2D eigenvalue weighted by Gasteiger charge is -2.33. The van der Waals surface area contributed by atoms with Crippen LogP contribution in [-0.4, -0.2) is 107 Å². The molecule has 50 heavy (non-hydrogen) atoms. The molecule has 0 aromatic carbocycles. The molecule has 15 nitrogen and oxygen atoms in total. The molecule has 3 aliphatic carbocycles. The Kier molecular flexibility index (Phi) is 13.5. The zero-order valence-corrected chi connectivity index (χ0v) is 28.5. The molecule has 9 unspecified atom stereocenters. The third-order valence-electron chi connectivity index (χ3n) is 9.73. The summed E-state index contributed by atoms with van der Waals surface area (Å²) in [5.41, 5.74) is 3.57. The van der Waals surface area contributed by atoms with E-state index in [1.165, 1.54) is 47.2 Å². The van der Waals surface area contributed by atoms with Gasteiger partial charge in [0.25, 0.3) is 0 Å². The maximum atomic E-state index is 11.6. The summed E-state index contributed by atoms with van der Waals surface area (Å²) in [7, 11) is 7.03. The zero-order valence-electron chi connectivity index (χ0n) is 28.5. The van der Waals surface area contributed by atoms with Crippen molar-refractivity contribution in [1.82, 2.24) is 0 Å². The number of allylic oxidation sites excluding steroid dienone is 3. The summed E-state index contributed by atoms with van der Waals surface area (Å²) in [5.74, 6) is -2.21. The van der Waals surface area contributed by atoms with Gasteiger partial charge in [0.15, 0.2) is 0 Å². The SMILES string of the molecule is COC(=O)C1=COC(O)C2C(CO)=CCC12.COC(=O)C1=COC(OC)C2C(C=O)=CCC12.COC(=O)C1=COC(OC)C2C(CO)=CCC12. The number of rotatable bonds is 8. The van der Waals surface area contributed by atoms with Gasteiger partial charge in [0.1, 0.15) is 6.29 Å². The molecule has 0 radical (unpaired) electrons. The molecule has 9 atom stereocenters. The molecule has 15 heteroatoms. The lowest BCUT2D eigenvalue weighted by Crippen LogP contribution is -2.36. The Labute approximate surface area is 289 Å². The number of hydrogen-bond acceptors (Lipinski definition) is 15. The van der Waals surface area contributed by atoms with E-state index in [0.29, 0.717) is 47.1 Å². The van der Waals surface area contributed by atoms with Gasteiger partial charge >= 0.3 is 17.9 Å². The number of aldehydes is 1. The van der Waals surface area contributed by atoms with Crippen LogP contribution in [0.15, 0.2) is 70.5 Å². The van der Waals surface area contributed by atoms with Crippen molar-refractivity contribution in [3.8, 4) is 0 Å². The molecule has 0 fully saturated rings. The minimum atomic E-state index is -1.00. The lowest BCUT2D eigenvalue weighted by atomic mass is 9.83. The fourth-order valence-corrected chi connectivity index (χ4v) is 7.23. The number of aliphatic hydroxyl groups is 3. The first-order valence-corrected chi connectivity index (χ1v) is 15.9. The Balaban J connectivity index is 0.000000169. The van der Waals surface area contributed by atoms with Crippen molar-refractivity contribution in [2.24, 2.45) is 35.5 Å². The van der Waals surface area contributed by atoms with Crippen LogP contribution in [0, 0.1) is 35.5 Å². The molecule has 0 saturated carbocycles. The summed E-state index contributed by atoms with van der Waals surface area (Å²) in [4.78, 5) is 45.6. The molecule has 3 aliphatic heterocycles. The van der Waals surface area contributed by atoms with E-state index in [1.54, 1.807) is 7.11 Å². The van der Waals surface area contributed by atoms with Crippen LogP contribution in [0.5, 0.6) is 0 Å². The number of methoxy groups -OCH3 is 5. The molecular formula is C35H44O15. The number of esters is 3. The number of fused-ring (bicyclic) bond motifs is 3. The highest BCUT2D eigenvalue weighted by Gasteiger charge is 2.46. The monoisotopic (exact) mass is 704 g/mol. The topological polar surface area (TPSA) is 203 Å². The second kappa shape index (κ2) is 17.6. The van der Waals surface area contributed by atoms with E-state index in [4.69, 9.17) is 38.3 Å². The van der Waals surface area contributed by atoms with Gasteiger partial charge < -0.3 is 53.2 Å². The highest BCUT2D eigenvalue weighted by Crippen LogP contribution is 2.45. The van der Waals surface area contributed by atoms with Crippen LogP contribution >= 0.6 is 0 Å². The summed E-state index contributed by atoms with van der Waals surface area (Å²) in [6.45, 7) is -0.172. The Morgan fingerprint density at radius 1 is 0.660 bits per heavy atom. The van der Waals surface area contributed by atoms with E-state index >= 15 is 0 Å². The summed E-state index contributed by atoms with van der Waals surface area (Å²) in [6, 6.07) is 0. The van der Waals surface area contributed by atoms with Gasteiger partial charge in [-0.25, -0.2) is 14.4 Å². The van der Waals surface area contributed by atoms with Gasteiger partial charge in [0, 0.05) is 32.0 Å². The first-order chi connectivity index (χ1) is 24.1. The number of carbonyl (C=O) groups is 4. The third kappa shape index (κ3) is 7.71. The van der Waals surface area contributed by atoms with Gasteiger partial charge in [0.05, 0.1) is 87.8 Å². The smallest absolute Gasteiger partial charge is 0.337 e. The normalized spacial score (nSPS) is 31.4. The predicted molar refractivity (Wildman–Crippen MR) is 170 cm³/mol. The quantitative estimate of drug-likeness (QED) is 0.141. The lowest BCUT2D eigenvalue weighted by molar-refractivity contribution is -0.147. The Morgan fingerprint density at radius 2 is 1.06 bits per heavy atom. The third-order valence-corrected chi connectivity index (χ3v) is 9.73. The zero-order chi connectivity index (χ0) is 36.5. The van der Waals surface area contributed by atoms with E-state index in [1.807, 2.05) is 18.2 Å². The molecular weight excluding hydrogens is 660 g/mol. The molecule has 6 rings (SSSR count). The fourth-order valence-electron chi connectivity index (χ4n) is 7.23. The van der Waals surface area contributed by atoms with E-state index in [-0.39, 0.29) is 54.7 Å². The van der Waals surface area contributed by atoms with E-state index in [0.717, 1.165) is 11.9 Å². The van der Waals surface area contributed by atoms with Crippen LogP contribution in [0.25, 0.3) is 0 Å². The van der Waals surface area contributed by atoms with Gasteiger partial charge in [-0.2, -0.15) is 0 Å². The van der Waals surface area contributed by atoms with Crippen molar-refractivity contribution in [3.63, 3.8) is 0 Å². The maximum Gasteiger partial charge on any atom is 0.337 e. The number of aliphatic hydroxyl groups excluding tert-OH is 3. The number of carbonyl (C=O) groups excluding carboxylic acids is 4. The van der Waals surface area contributed by atoms with Crippen LogP contribution < -0.4 is 0 Å². The van der Waals surface area contributed by atoms with Crippen molar-refractivity contribution in [2.75, 3.05) is 48.8 Å². The molecule has 0 aromatic rings. The van der Waals surface area contributed by atoms with Crippen molar-refractivity contribution in [1.29, 1.82) is 0 Å². The largest absolute Gasteiger partial charge is 0.472 e. The second-order valence-electron chi connectivity index (χ2n) is 12.0. The first kappa shape index (κ1) is 38.5. The van der Waals surface area contributed by atoms with Gasteiger partial charge in [-0.05, 0) is 36.0 Å². The molecule has 6 aliphatic rings. The molecule has 0 bridgehead atoms. The summed E-state index contributed by atoms with van der Waals surface area (Å²) < 4.78 is 40.2. The van der Waals surface area contributed by atoms with E-state index < -0.39 is 30.8 Å². The van der Waals surface area contributed by atoms with E-state index in [9.17, 15) is 29.4 Å². The Morgan fingerprint density at radius 3 is 1.50 bits per heavy atom. The van der Waals surface area contributed by atoms with Crippen LogP contribution in [0.3, 0.4) is 0 Å². The molecule has 0 amide bonds. The van der Waals surface area contributed by atoms with Crippen LogP contribution in [0.1, 0.15) is 19.3 Å². The molecule has 3 N–H and O–H groups in total. The Hall–Kier alpha value is -4.28. The molecule has 0 spiro atoms. The van der Waals surface area contributed by atoms with Gasteiger partial charge in [0.2, 0.25) is 18.9 Å². The average Bonchev–Trinajstić information content (AvgIpc) is 3.91.